The normalized spacial score (nSPS) is 16.5. The largest absolute Gasteiger partial charge is 0.310 e. The van der Waals surface area contributed by atoms with Crippen LogP contribution in [0.15, 0.2) is 52.7 Å². The predicted molar refractivity (Wildman–Crippen MR) is 127 cm³/mol. The van der Waals surface area contributed by atoms with Gasteiger partial charge in [0, 0.05) is 17.3 Å². The van der Waals surface area contributed by atoms with Crippen LogP contribution in [0.4, 0.5) is 10.1 Å². The Balaban J connectivity index is 1.44. The summed E-state index contributed by atoms with van der Waals surface area (Å²) in [5.74, 6) is 0.420. The van der Waals surface area contributed by atoms with Crippen LogP contribution in [-0.2, 0) is 16.6 Å². The van der Waals surface area contributed by atoms with Crippen LogP contribution in [0, 0.1) is 11.7 Å². The van der Waals surface area contributed by atoms with Crippen molar-refractivity contribution in [3.63, 3.8) is 0 Å². The molecule has 0 amide bonds. The van der Waals surface area contributed by atoms with Crippen molar-refractivity contribution in [2.75, 3.05) is 4.72 Å². The molecule has 1 atom stereocenters. The third-order valence-corrected chi connectivity index (χ3v) is 8.99. The highest BCUT2D eigenvalue weighted by Gasteiger charge is 2.20. The molecule has 1 aromatic heterocycles. The average molecular weight is 461 g/mol. The lowest BCUT2D eigenvalue weighted by Gasteiger charge is -2.25. The number of sulfonamides is 1. The quantitative estimate of drug-likeness (QED) is 0.415. The van der Waals surface area contributed by atoms with E-state index in [0.29, 0.717) is 23.7 Å². The van der Waals surface area contributed by atoms with Crippen LogP contribution in [-0.4, -0.2) is 14.5 Å². The first-order valence-corrected chi connectivity index (χ1v) is 13.2. The van der Waals surface area contributed by atoms with Gasteiger partial charge in [0.15, 0.2) is 0 Å². The van der Waals surface area contributed by atoms with E-state index in [9.17, 15) is 12.8 Å². The fourth-order valence-electron chi connectivity index (χ4n) is 4.38. The number of thiophene rings is 1. The summed E-state index contributed by atoms with van der Waals surface area (Å²) in [7, 11) is -3.75. The van der Waals surface area contributed by atoms with Crippen molar-refractivity contribution in [1.82, 2.24) is 5.32 Å². The maximum atomic E-state index is 13.5. The van der Waals surface area contributed by atoms with E-state index in [-0.39, 0.29) is 10.0 Å². The lowest BCUT2D eigenvalue weighted by atomic mass is 9.85. The van der Waals surface area contributed by atoms with Gasteiger partial charge in [-0.2, -0.15) is 0 Å². The van der Waals surface area contributed by atoms with Gasteiger partial charge in [-0.3, -0.25) is 4.72 Å². The van der Waals surface area contributed by atoms with E-state index in [0.717, 1.165) is 33.9 Å². The molecule has 1 fully saturated rings. The van der Waals surface area contributed by atoms with Gasteiger partial charge < -0.3 is 5.32 Å². The van der Waals surface area contributed by atoms with Crippen molar-refractivity contribution in [3.05, 3.63) is 59.9 Å². The second-order valence-corrected chi connectivity index (χ2v) is 11.5. The highest BCUT2D eigenvalue weighted by molar-refractivity contribution is 7.94. The smallest absolute Gasteiger partial charge is 0.271 e. The predicted octanol–water partition coefficient (Wildman–Crippen LogP) is 6.29. The molecule has 0 saturated heterocycles. The van der Waals surface area contributed by atoms with Crippen molar-refractivity contribution in [3.8, 4) is 0 Å². The van der Waals surface area contributed by atoms with E-state index in [1.807, 2.05) is 18.2 Å². The monoisotopic (exact) mass is 460 g/mol. The fraction of sp³-hybridized carbons (Fsp3) is 0.417. The van der Waals surface area contributed by atoms with Crippen LogP contribution >= 0.6 is 11.3 Å². The molecule has 4 nitrogen and oxygen atoms in total. The lowest BCUT2D eigenvalue weighted by Crippen LogP contribution is -2.29. The molecule has 1 unspecified atom stereocenters. The number of benzene rings is 2. The van der Waals surface area contributed by atoms with Gasteiger partial charge in [-0.25, -0.2) is 12.8 Å². The van der Waals surface area contributed by atoms with Gasteiger partial charge in [0.25, 0.3) is 10.0 Å². The van der Waals surface area contributed by atoms with Gasteiger partial charge in [0.2, 0.25) is 0 Å². The third-order valence-electron chi connectivity index (χ3n) is 6.03. The van der Waals surface area contributed by atoms with Crippen molar-refractivity contribution in [1.29, 1.82) is 0 Å². The van der Waals surface area contributed by atoms with Crippen molar-refractivity contribution in [2.24, 2.45) is 5.92 Å². The summed E-state index contributed by atoms with van der Waals surface area (Å²) in [5.41, 5.74) is 1.48. The van der Waals surface area contributed by atoms with Gasteiger partial charge in [0.05, 0.1) is 5.69 Å². The summed E-state index contributed by atoms with van der Waals surface area (Å²) < 4.78 is 43.1. The highest BCUT2D eigenvalue weighted by Crippen LogP contribution is 2.31. The fourth-order valence-corrected chi connectivity index (χ4v) is 6.86. The van der Waals surface area contributed by atoms with E-state index in [1.165, 1.54) is 50.3 Å². The molecule has 2 N–H and O–H groups in total. The Labute approximate surface area is 187 Å². The van der Waals surface area contributed by atoms with Gasteiger partial charge in [0.1, 0.15) is 10.0 Å². The topological polar surface area (TPSA) is 58.2 Å². The first-order chi connectivity index (χ1) is 14.9. The maximum absolute atomic E-state index is 13.5. The first kappa shape index (κ1) is 22.2. The molecule has 0 bridgehead atoms. The molecule has 166 valence electrons. The lowest BCUT2D eigenvalue weighted by molar-refractivity contribution is 0.305. The number of anilines is 1. The standard InChI is InChI=1S/C24H29FN2O2S2/c1-17(13-18-7-3-2-4-8-18)26-16-19-9-5-6-10-22(19)27-31(28,29)24-15-20-14-21(25)11-12-23(20)30-24/h5-6,9-12,14-15,17-18,26-27H,2-4,7-8,13,16H2,1H3. The van der Waals surface area contributed by atoms with Crippen molar-refractivity contribution in [2.45, 2.75) is 62.2 Å². The van der Waals surface area contributed by atoms with Gasteiger partial charge in [-0.05, 0) is 60.5 Å². The molecule has 1 heterocycles. The first-order valence-electron chi connectivity index (χ1n) is 10.9. The summed E-state index contributed by atoms with van der Waals surface area (Å²) in [5, 5.41) is 4.16. The van der Waals surface area contributed by atoms with E-state index in [4.69, 9.17) is 0 Å². The minimum Gasteiger partial charge on any atom is -0.310 e. The summed E-state index contributed by atoms with van der Waals surface area (Å²) in [6, 6.07) is 13.7. The van der Waals surface area contributed by atoms with Gasteiger partial charge in [-0.15, -0.1) is 11.3 Å². The van der Waals surface area contributed by atoms with Crippen LogP contribution in [0.1, 0.15) is 51.0 Å². The SMILES string of the molecule is CC(CC1CCCCC1)NCc1ccccc1NS(=O)(=O)c1cc2cc(F)ccc2s1. The molecule has 0 aliphatic heterocycles. The average Bonchev–Trinajstić information content (AvgIpc) is 3.18. The zero-order valence-electron chi connectivity index (χ0n) is 17.7. The molecular formula is C24H29FN2O2S2. The number of hydrogen-bond donors (Lipinski definition) is 2. The molecule has 31 heavy (non-hydrogen) atoms. The summed E-state index contributed by atoms with van der Waals surface area (Å²) >= 11 is 1.14. The minimum atomic E-state index is -3.75. The second kappa shape index (κ2) is 9.67. The third kappa shape index (κ3) is 5.64. The van der Waals surface area contributed by atoms with E-state index >= 15 is 0 Å². The molecule has 2 aromatic carbocycles. The van der Waals surface area contributed by atoms with Gasteiger partial charge >= 0.3 is 0 Å². The number of halogens is 1. The number of fused-ring (bicyclic) bond motifs is 1. The van der Waals surface area contributed by atoms with Crippen LogP contribution in [0.3, 0.4) is 0 Å². The molecule has 7 heteroatoms. The van der Waals surface area contributed by atoms with Crippen molar-refractivity contribution < 1.29 is 12.8 Å². The Hall–Kier alpha value is -1.96. The number of hydrogen-bond acceptors (Lipinski definition) is 4. The van der Waals surface area contributed by atoms with E-state index in [1.54, 1.807) is 12.1 Å². The van der Waals surface area contributed by atoms with Crippen molar-refractivity contribution >= 4 is 37.1 Å². The maximum Gasteiger partial charge on any atom is 0.271 e. The highest BCUT2D eigenvalue weighted by atomic mass is 32.2. The van der Waals surface area contributed by atoms with Gasteiger partial charge in [-0.1, -0.05) is 50.3 Å². The molecule has 0 radical (unpaired) electrons. The number of para-hydroxylation sites is 1. The van der Waals surface area contributed by atoms with Crippen LogP contribution < -0.4 is 10.0 Å². The zero-order valence-corrected chi connectivity index (χ0v) is 19.4. The minimum absolute atomic E-state index is 0.182. The van der Waals surface area contributed by atoms with Crippen LogP contribution in [0.25, 0.3) is 10.1 Å². The molecule has 0 spiro atoms. The molecular weight excluding hydrogens is 431 g/mol. The number of rotatable bonds is 8. The Morgan fingerprint density at radius 1 is 1.10 bits per heavy atom. The molecule has 1 saturated carbocycles. The Bertz CT molecular complexity index is 1140. The van der Waals surface area contributed by atoms with E-state index in [2.05, 4.69) is 17.0 Å². The number of nitrogens with one attached hydrogen (secondary N) is 2. The molecule has 4 rings (SSSR count). The van der Waals surface area contributed by atoms with Crippen LogP contribution in [0.2, 0.25) is 0 Å². The molecule has 1 aliphatic rings. The van der Waals surface area contributed by atoms with E-state index < -0.39 is 10.0 Å². The zero-order chi connectivity index (χ0) is 21.8. The molecule has 3 aromatic rings. The Kier molecular flexibility index (Phi) is 6.94. The molecule has 1 aliphatic carbocycles. The Morgan fingerprint density at radius 3 is 2.68 bits per heavy atom. The summed E-state index contributed by atoms with van der Waals surface area (Å²) in [6.07, 6.45) is 7.84. The summed E-state index contributed by atoms with van der Waals surface area (Å²) in [4.78, 5) is 0. The Morgan fingerprint density at radius 2 is 1.87 bits per heavy atom. The summed E-state index contributed by atoms with van der Waals surface area (Å²) in [6.45, 7) is 2.81. The second-order valence-electron chi connectivity index (χ2n) is 8.53. The van der Waals surface area contributed by atoms with Crippen LogP contribution in [0.5, 0.6) is 0 Å².